The molecule has 7 nitrogen and oxygen atoms in total. The van der Waals surface area contributed by atoms with E-state index in [-0.39, 0.29) is 25.2 Å². The predicted octanol–water partition coefficient (Wildman–Crippen LogP) is 2.49. The number of hydrogen-bond acceptors (Lipinski definition) is 7. The lowest BCUT2D eigenvalue weighted by atomic mass is 9.87. The summed E-state index contributed by atoms with van der Waals surface area (Å²) >= 11 is 0. The topological polar surface area (TPSA) is 90.9 Å². The number of ether oxygens (including phenoxy) is 3. The van der Waals surface area contributed by atoms with E-state index in [4.69, 9.17) is 14.2 Å². The molecule has 0 amide bonds. The van der Waals surface area contributed by atoms with Crippen LogP contribution in [0.5, 0.6) is 0 Å². The second-order valence-corrected chi connectivity index (χ2v) is 6.76. The van der Waals surface area contributed by atoms with E-state index in [9.17, 15) is 14.4 Å². The lowest BCUT2D eigenvalue weighted by Crippen LogP contribution is -2.53. The smallest absolute Gasteiger partial charge is 0.362 e. The van der Waals surface area contributed by atoms with E-state index in [1.165, 1.54) is 0 Å². The summed E-state index contributed by atoms with van der Waals surface area (Å²) in [5.41, 5.74) is -1.84. The average molecular weight is 391 g/mol. The summed E-state index contributed by atoms with van der Waals surface area (Å²) < 4.78 is 15.8. The monoisotopic (exact) mass is 391 g/mol. The van der Waals surface area contributed by atoms with Crippen molar-refractivity contribution in [3.63, 3.8) is 0 Å². The third-order valence-corrected chi connectivity index (χ3v) is 4.85. The third kappa shape index (κ3) is 5.55. The molecule has 7 heteroatoms. The average Bonchev–Trinajstić information content (AvgIpc) is 2.72. The van der Waals surface area contributed by atoms with E-state index in [2.05, 4.69) is 5.32 Å². The highest BCUT2D eigenvalue weighted by Crippen LogP contribution is 2.29. The molecule has 1 aliphatic rings. The number of esters is 3. The number of carbonyl (C=O) groups excluding carboxylic acids is 3. The summed E-state index contributed by atoms with van der Waals surface area (Å²) in [7, 11) is 0. The van der Waals surface area contributed by atoms with E-state index in [0.29, 0.717) is 12.3 Å². The van der Waals surface area contributed by atoms with Gasteiger partial charge in [0.1, 0.15) is 0 Å². The molecule has 0 aliphatic carbocycles. The molecule has 0 atom stereocenters. The largest absolute Gasteiger partial charge is 0.463 e. The first-order chi connectivity index (χ1) is 13.5. The molecule has 0 aromatic heterocycles. The minimum absolute atomic E-state index is 0.0356. The van der Waals surface area contributed by atoms with E-state index in [1.54, 1.807) is 44.2 Å². The van der Waals surface area contributed by atoms with Crippen LogP contribution in [-0.4, -0.2) is 49.8 Å². The zero-order chi connectivity index (χ0) is 20.4. The first kappa shape index (κ1) is 21.9. The van der Waals surface area contributed by atoms with Gasteiger partial charge in [-0.05, 0) is 64.3 Å². The minimum atomic E-state index is -2.09. The standard InChI is InChI=1S/C21H29NO6/c1-3-26-19(24)21(20(25)27-4-2,13-10-16-11-14-22-15-12-16)28-18(23)17-8-6-5-7-9-17/h5-9,16,22H,3-4,10-15H2,1-2H3. The molecule has 28 heavy (non-hydrogen) atoms. The summed E-state index contributed by atoms with van der Waals surface area (Å²) in [5, 5.41) is 3.28. The van der Waals surface area contributed by atoms with E-state index in [1.807, 2.05) is 0 Å². The fraction of sp³-hybridized carbons (Fsp3) is 0.571. The van der Waals surface area contributed by atoms with Crippen LogP contribution in [0.15, 0.2) is 30.3 Å². The summed E-state index contributed by atoms with van der Waals surface area (Å²) in [6.45, 7) is 5.19. The Bertz CT molecular complexity index is 636. The highest BCUT2D eigenvalue weighted by atomic mass is 16.6. The third-order valence-electron chi connectivity index (χ3n) is 4.85. The molecule has 0 saturated carbocycles. The Hall–Kier alpha value is -2.41. The minimum Gasteiger partial charge on any atom is -0.463 e. The molecule has 0 spiro atoms. The number of piperidine rings is 1. The molecule has 0 bridgehead atoms. The first-order valence-corrected chi connectivity index (χ1v) is 9.87. The van der Waals surface area contributed by atoms with Crippen molar-refractivity contribution in [1.29, 1.82) is 0 Å². The van der Waals surface area contributed by atoms with Crippen LogP contribution in [0.4, 0.5) is 0 Å². The van der Waals surface area contributed by atoms with Crippen molar-refractivity contribution in [1.82, 2.24) is 5.32 Å². The van der Waals surface area contributed by atoms with Crippen LogP contribution in [0.3, 0.4) is 0 Å². The zero-order valence-electron chi connectivity index (χ0n) is 16.6. The molecule has 1 heterocycles. The van der Waals surface area contributed by atoms with Crippen LogP contribution in [0.1, 0.15) is 49.9 Å². The molecule has 1 aromatic rings. The van der Waals surface area contributed by atoms with Crippen molar-refractivity contribution in [2.75, 3.05) is 26.3 Å². The number of nitrogens with one attached hydrogen (secondary N) is 1. The zero-order valence-corrected chi connectivity index (χ0v) is 16.6. The van der Waals surface area contributed by atoms with Gasteiger partial charge in [-0.1, -0.05) is 18.2 Å². The lowest BCUT2D eigenvalue weighted by Gasteiger charge is -2.31. The highest BCUT2D eigenvalue weighted by molar-refractivity contribution is 6.06. The Labute approximate surface area is 165 Å². The molecule has 1 saturated heterocycles. The maximum atomic E-state index is 12.8. The Kier molecular flexibility index (Phi) is 8.44. The SMILES string of the molecule is CCOC(=O)C(CCC1CCNCC1)(OC(=O)c1ccccc1)C(=O)OCC. The summed E-state index contributed by atoms with van der Waals surface area (Å²) in [4.78, 5) is 38.3. The van der Waals surface area contributed by atoms with E-state index < -0.39 is 23.5 Å². The van der Waals surface area contributed by atoms with Crippen molar-refractivity contribution in [3.05, 3.63) is 35.9 Å². The van der Waals surface area contributed by atoms with Gasteiger partial charge in [0.2, 0.25) is 0 Å². The molecule has 1 N–H and O–H groups in total. The normalized spacial score (nSPS) is 14.9. The van der Waals surface area contributed by atoms with Crippen LogP contribution in [0, 0.1) is 5.92 Å². The summed E-state index contributed by atoms with van der Waals surface area (Å²) in [5.74, 6) is -2.19. The maximum Gasteiger partial charge on any atom is 0.362 e. The molecule has 1 aromatic carbocycles. The molecule has 154 valence electrons. The van der Waals surface area contributed by atoms with Crippen molar-refractivity contribution in [2.45, 2.75) is 45.1 Å². The number of carbonyl (C=O) groups is 3. The molecular weight excluding hydrogens is 362 g/mol. The van der Waals surface area contributed by atoms with Gasteiger partial charge in [0.15, 0.2) is 0 Å². The van der Waals surface area contributed by atoms with Gasteiger partial charge in [-0.3, -0.25) is 0 Å². The molecule has 0 unspecified atom stereocenters. The molecule has 1 fully saturated rings. The van der Waals surface area contributed by atoms with Gasteiger partial charge >= 0.3 is 23.5 Å². The van der Waals surface area contributed by atoms with Crippen LogP contribution in [0.2, 0.25) is 0 Å². The Balaban J connectivity index is 2.29. The quantitative estimate of drug-likeness (QED) is 0.393. The Morgan fingerprint density at radius 3 is 2.11 bits per heavy atom. The predicted molar refractivity (Wildman–Crippen MR) is 103 cm³/mol. The maximum absolute atomic E-state index is 12.8. The molecule has 2 rings (SSSR count). The van der Waals surface area contributed by atoms with Crippen LogP contribution < -0.4 is 5.32 Å². The van der Waals surface area contributed by atoms with E-state index >= 15 is 0 Å². The van der Waals surface area contributed by atoms with Crippen LogP contribution in [-0.2, 0) is 23.8 Å². The van der Waals surface area contributed by atoms with Gasteiger partial charge in [-0.15, -0.1) is 0 Å². The summed E-state index contributed by atoms with van der Waals surface area (Å²) in [6.07, 6.45) is 2.47. The summed E-state index contributed by atoms with van der Waals surface area (Å²) in [6, 6.07) is 8.26. The number of rotatable bonds is 9. The van der Waals surface area contributed by atoms with Crippen molar-refractivity contribution >= 4 is 17.9 Å². The number of hydrogen-bond donors (Lipinski definition) is 1. The van der Waals surface area contributed by atoms with Crippen LogP contribution >= 0.6 is 0 Å². The molecule has 0 radical (unpaired) electrons. The van der Waals surface area contributed by atoms with Crippen molar-refractivity contribution in [3.8, 4) is 0 Å². The van der Waals surface area contributed by atoms with Crippen molar-refractivity contribution < 1.29 is 28.6 Å². The van der Waals surface area contributed by atoms with Gasteiger partial charge in [0.25, 0.3) is 0 Å². The fourth-order valence-corrected chi connectivity index (χ4v) is 3.29. The Morgan fingerprint density at radius 1 is 1.00 bits per heavy atom. The Morgan fingerprint density at radius 2 is 1.57 bits per heavy atom. The second kappa shape index (κ2) is 10.8. The van der Waals surface area contributed by atoms with Gasteiger partial charge in [0.05, 0.1) is 18.8 Å². The molecule has 1 aliphatic heterocycles. The highest BCUT2D eigenvalue weighted by Gasteiger charge is 2.53. The number of benzene rings is 1. The van der Waals surface area contributed by atoms with E-state index in [0.717, 1.165) is 25.9 Å². The van der Waals surface area contributed by atoms with Crippen molar-refractivity contribution in [2.24, 2.45) is 5.92 Å². The molecular formula is C21H29NO6. The van der Waals surface area contributed by atoms with Gasteiger partial charge in [-0.2, -0.15) is 0 Å². The van der Waals surface area contributed by atoms with Gasteiger partial charge in [-0.25, -0.2) is 14.4 Å². The van der Waals surface area contributed by atoms with Gasteiger partial charge in [0, 0.05) is 6.42 Å². The fourth-order valence-electron chi connectivity index (χ4n) is 3.29. The second-order valence-electron chi connectivity index (χ2n) is 6.76. The lowest BCUT2D eigenvalue weighted by molar-refractivity contribution is -0.185. The van der Waals surface area contributed by atoms with Crippen LogP contribution in [0.25, 0.3) is 0 Å². The first-order valence-electron chi connectivity index (χ1n) is 9.87. The van der Waals surface area contributed by atoms with Gasteiger partial charge < -0.3 is 19.5 Å².